The van der Waals surface area contributed by atoms with E-state index < -0.39 is 0 Å². The van der Waals surface area contributed by atoms with Gasteiger partial charge in [-0.05, 0) is 37.5 Å². The fourth-order valence-electron chi connectivity index (χ4n) is 1.57. The number of methoxy groups -OCH3 is 1. The molecule has 2 N–H and O–H groups in total. The van der Waals surface area contributed by atoms with E-state index in [2.05, 4.69) is 0 Å². The van der Waals surface area contributed by atoms with Gasteiger partial charge in [0, 0.05) is 18.2 Å². The summed E-state index contributed by atoms with van der Waals surface area (Å²) in [4.78, 5) is 0. The van der Waals surface area contributed by atoms with Gasteiger partial charge in [0.25, 0.3) is 0 Å². The van der Waals surface area contributed by atoms with Gasteiger partial charge in [0.15, 0.2) is 0 Å². The van der Waals surface area contributed by atoms with Crippen molar-refractivity contribution in [2.24, 2.45) is 5.73 Å². The SMILES string of the molecule is COC(C)CC(N)Cc1cccc(Cl)c1. The maximum Gasteiger partial charge on any atom is 0.0558 e. The van der Waals surface area contributed by atoms with Crippen LogP contribution in [0.3, 0.4) is 0 Å². The lowest BCUT2D eigenvalue weighted by Gasteiger charge is -2.16. The molecule has 84 valence electrons. The van der Waals surface area contributed by atoms with Crippen LogP contribution in [0.2, 0.25) is 5.02 Å². The van der Waals surface area contributed by atoms with Crippen molar-refractivity contribution < 1.29 is 4.74 Å². The Morgan fingerprint density at radius 2 is 2.20 bits per heavy atom. The van der Waals surface area contributed by atoms with Gasteiger partial charge >= 0.3 is 0 Å². The number of hydrogen-bond donors (Lipinski definition) is 1. The second-order valence-corrected chi connectivity index (χ2v) is 4.31. The third-order valence-corrected chi connectivity index (χ3v) is 2.66. The summed E-state index contributed by atoms with van der Waals surface area (Å²) in [7, 11) is 1.71. The predicted octanol–water partition coefficient (Wildman–Crippen LogP) is 2.63. The molecule has 1 aromatic rings. The molecule has 1 rings (SSSR count). The van der Waals surface area contributed by atoms with Gasteiger partial charge in [-0.1, -0.05) is 23.7 Å². The zero-order chi connectivity index (χ0) is 11.3. The number of halogens is 1. The minimum absolute atomic E-state index is 0.124. The Hall–Kier alpha value is -0.570. The number of rotatable bonds is 5. The molecule has 0 aliphatic heterocycles. The molecule has 15 heavy (non-hydrogen) atoms. The van der Waals surface area contributed by atoms with E-state index in [1.54, 1.807) is 7.11 Å². The molecule has 0 aliphatic rings. The van der Waals surface area contributed by atoms with Crippen molar-refractivity contribution in [2.45, 2.75) is 31.9 Å². The molecular formula is C12H18ClNO. The first-order chi connectivity index (χ1) is 7.11. The quantitative estimate of drug-likeness (QED) is 0.840. The van der Waals surface area contributed by atoms with Crippen LogP contribution in [-0.4, -0.2) is 19.3 Å². The Balaban J connectivity index is 2.47. The Kier molecular flexibility index (Phi) is 5.09. The van der Waals surface area contributed by atoms with Crippen LogP contribution in [0.1, 0.15) is 18.9 Å². The van der Waals surface area contributed by atoms with Crippen LogP contribution in [0.25, 0.3) is 0 Å². The summed E-state index contributed by atoms with van der Waals surface area (Å²) in [6.45, 7) is 2.03. The Bertz CT molecular complexity index is 303. The summed E-state index contributed by atoms with van der Waals surface area (Å²) < 4.78 is 5.18. The molecule has 2 unspecified atom stereocenters. The van der Waals surface area contributed by atoms with Crippen molar-refractivity contribution in [3.05, 3.63) is 34.9 Å². The lowest BCUT2D eigenvalue weighted by Crippen LogP contribution is -2.27. The lowest BCUT2D eigenvalue weighted by molar-refractivity contribution is 0.104. The number of hydrogen-bond acceptors (Lipinski definition) is 2. The highest BCUT2D eigenvalue weighted by Crippen LogP contribution is 2.13. The van der Waals surface area contributed by atoms with E-state index in [1.165, 1.54) is 5.56 Å². The normalized spacial score (nSPS) is 14.9. The van der Waals surface area contributed by atoms with Crippen molar-refractivity contribution in [1.29, 1.82) is 0 Å². The van der Waals surface area contributed by atoms with E-state index in [9.17, 15) is 0 Å². The molecule has 0 aliphatic carbocycles. The van der Waals surface area contributed by atoms with Crippen LogP contribution in [0.15, 0.2) is 24.3 Å². The molecule has 0 heterocycles. The first-order valence-corrected chi connectivity index (χ1v) is 5.52. The molecular weight excluding hydrogens is 210 g/mol. The van der Waals surface area contributed by atoms with Crippen molar-refractivity contribution in [2.75, 3.05) is 7.11 Å². The van der Waals surface area contributed by atoms with Gasteiger partial charge in [-0.3, -0.25) is 0 Å². The molecule has 0 amide bonds. The molecule has 2 atom stereocenters. The highest BCUT2D eigenvalue weighted by atomic mass is 35.5. The summed E-state index contributed by atoms with van der Waals surface area (Å²) in [6.07, 6.45) is 1.91. The Morgan fingerprint density at radius 3 is 2.80 bits per heavy atom. The molecule has 0 saturated heterocycles. The smallest absolute Gasteiger partial charge is 0.0558 e. The van der Waals surface area contributed by atoms with E-state index in [0.717, 1.165) is 17.9 Å². The van der Waals surface area contributed by atoms with Crippen LogP contribution >= 0.6 is 11.6 Å². The summed E-state index contributed by atoms with van der Waals surface area (Å²) in [5, 5.41) is 0.763. The van der Waals surface area contributed by atoms with Gasteiger partial charge in [0.1, 0.15) is 0 Å². The first-order valence-electron chi connectivity index (χ1n) is 5.14. The molecule has 1 aromatic carbocycles. The van der Waals surface area contributed by atoms with Crippen LogP contribution < -0.4 is 5.73 Å². The van der Waals surface area contributed by atoms with Crippen LogP contribution in [0.5, 0.6) is 0 Å². The molecule has 0 radical (unpaired) electrons. The van der Waals surface area contributed by atoms with Gasteiger partial charge in [0.2, 0.25) is 0 Å². The molecule has 2 nitrogen and oxygen atoms in total. The summed E-state index contributed by atoms with van der Waals surface area (Å²) in [5.41, 5.74) is 7.19. The third kappa shape index (κ3) is 4.65. The van der Waals surface area contributed by atoms with E-state index in [1.807, 2.05) is 31.2 Å². The minimum Gasteiger partial charge on any atom is -0.382 e. The zero-order valence-electron chi connectivity index (χ0n) is 9.24. The van der Waals surface area contributed by atoms with Crippen molar-refractivity contribution in [3.8, 4) is 0 Å². The summed E-state index contributed by atoms with van der Waals surface area (Å²) >= 11 is 5.90. The van der Waals surface area contributed by atoms with Crippen molar-refractivity contribution in [3.63, 3.8) is 0 Å². The van der Waals surface area contributed by atoms with E-state index in [-0.39, 0.29) is 12.1 Å². The molecule has 0 aromatic heterocycles. The monoisotopic (exact) mass is 227 g/mol. The predicted molar refractivity (Wildman–Crippen MR) is 64.2 cm³/mol. The van der Waals surface area contributed by atoms with Gasteiger partial charge in [-0.25, -0.2) is 0 Å². The molecule has 0 saturated carbocycles. The van der Waals surface area contributed by atoms with Crippen LogP contribution in [0, 0.1) is 0 Å². The highest BCUT2D eigenvalue weighted by Gasteiger charge is 2.09. The van der Waals surface area contributed by atoms with Gasteiger partial charge < -0.3 is 10.5 Å². The average molecular weight is 228 g/mol. The topological polar surface area (TPSA) is 35.2 Å². The van der Waals surface area contributed by atoms with E-state index in [4.69, 9.17) is 22.1 Å². The Labute approximate surface area is 96.4 Å². The van der Waals surface area contributed by atoms with Gasteiger partial charge in [-0.2, -0.15) is 0 Å². The van der Waals surface area contributed by atoms with E-state index in [0.29, 0.717) is 0 Å². The number of nitrogens with two attached hydrogens (primary N) is 1. The number of ether oxygens (including phenoxy) is 1. The zero-order valence-corrected chi connectivity index (χ0v) is 10.00. The molecule has 0 spiro atoms. The second kappa shape index (κ2) is 6.11. The average Bonchev–Trinajstić information content (AvgIpc) is 2.17. The molecule has 0 bridgehead atoms. The first kappa shape index (κ1) is 12.5. The maximum atomic E-state index is 6.01. The fourth-order valence-corrected chi connectivity index (χ4v) is 1.79. The molecule has 0 fully saturated rings. The summed E-state index contributed by atoms with van der Waals surface area (Å²) in [5.74, 6) is 0. The standard InChI is InChI=1S/C12H18ClNO/c1-9(15-2)6-12(14)8-10-4-3-5-11(13)7-10/h3-5,7,9,12H,6,8,14H2,1-2H3. The van der Waals surface area contributed by atoms with Crippen LogP contribution in [-0.2, 0) is 11.2 Å². The van der Waals surface area contributed by atoms with Crippen molar-refractivity contribution in [1.82, 2.24) is 0 Å². The van der Waals surface area contributed by atoms with E-state index >= 15 is 0 Å². The van der Waals surface area contributed by atoms with Crippen molar-refractivity contribution >= 4 is 11.6 Å². The second-order valence-electron chi connectivity index (χ2n) is 3.88. The van der Waals surface area contributed by atoms with Gasteiger partial charge in [0.05, 0.1) is 6.10 Å². The largest absolute Gasteiger partial charge is 0.382 e. The maximum absolute atomic E-state index is 6.01. The number of benzene rings is 1. The summed E-state index contributed by atoms with van der Waals surface area (Å²) in [6, 6.07) is 7.94. The Morgan fingerprint density at radius 1 is 1.47 bits per heavy atom. The molecule has 3 heteroatoms. The highest BCUT2D eigenvalue weighted by molar-refractivity contribution is 6.30. The van der Waals surface area contributed by atoms with Crippen LogP contribution in [0.4, 0.5) is 0 Å². The van der Waals surface area contributed by atoms with Gasteiger partial charge in [-0.15, -0.1) is 0 Å². The minimum atomic E-state index is 0.124. The third-order valence-electron chi connectivity index (χ3n) is 2.42. The fraction of sp³-hybridized carbons (Fsp3) is 0.500. The lowest BCUT2D eigenvalue weighted by atomic mass is 10.0.